The number of hydrogen-bond donors (Lipinski definition) is 0. The molecular weight excluding hydrogens is 398 g/mol. The fraction of sp³-hybridized carbons (Fsp3) is 0.435. The van der Waals surface area contributed by atoms with Gasteiger partial charge in [-0.25, -0.2) is 4.98 Å². The molecule has 2 aliphatic rings. The lowest BCUT2D eigenvalue weighted by Gasteiger charge is -2.18. The van der Waals surface area contributed by atoms with E-state index < -0.39 is 0 Å². The van der Waals surface area contributed by atoms with Gasteiger partial charge in [0.1, 0.15) is 4.83 Å². The molecule has 1 fully saturated rings. The van der Waals surface area contributed by atoms with Crippen molar-refractivity contribution in [1.29, 1.82) is 5.26 Å². The van der Waals surface area contributed by atoms with E-state index in [4.69, 9.17) is 10.2 Å². The number of aryl methyl sites for hydroxylation is 2. The minimum atomic E-state index is 0.184. The third-order valence-corrected chi connectivity index (χ3v) is 8.34. The van der Waals surface area contributed by atoms with Crippen molar-refractivity contribution >= 4 is 33.3 Å². The largest absolute Gasteiger partial charge is 0.284 e. The van der Waals surface area contributed by atoms with Gasteiger partial charge in [0, 0.05) is 16.7 Å². The maximum absolute atomic E-state index is 13.6. The van der Waals surface area contributed by atoms with Crippen LogP contribution in [0.25, 0.3) is 10.2 Å². The molecule has 0 bridgehead atoms. The van der Waals surface area contributed by atoms with Crippen LogP contribution in [0.2, 0.25) is 0 Å². The quantitative estimate of drug-likeness (QED) is 0.405. The van der Waals surface area contributed by atoms with Crippen LogP contribution in [0.3, 0.4) is 0 Å². The molecule has 3 aromatic rings. The minimum Gasteiger partial charge on any atom is -0.284 e. The van der Waals surface area contributed by atoms with Gasteiger partial charge < -0.3 is 0 Å². The van der Waals surface area contributed by atoms with Gasteiger partial charge in [0.25, 0.3) is 5.56 Å². The van der Waals surface area contributed by atoms with E-state index in [1.54, 1.807) is 23.1 Å². The lowest BCUT2D eigenvalue weighted by Crippen LogP contribution is -2.26. The number of aromatic nitrogens is 2. The topological polar surface area (TPSA) is 58.7 Å². The number of thioether (sulfide) groups is 1. The summed E-state index contributed by atoms with van der Waals surface area (Å²) < 4.78 is 2.02. The van der Waals surface area contributed by atoms with E-state index in [1.807, 2.05) is 28.8 Å². The summed E-state index contributed by atoms with van der Waals surface area (Å²) in [7, 11) is 0. The van der Waals surface area contributed by atoms with Crippen molar-refractivity contribution in [3.8, 4) is 6.07 Å². The summed E-state index contributed by atoms with van der Waals surface area (Å²) in [4.78, 5) is 21.0. The first-order chi connectivity index (χ1) is 14.2. The number of nitriles is 1. The molecule has 29 heavy (non-hydrogen) atoms. The van der Waals surface area contributed by atoms with Crippen molar-refractivity contribution in [3.05, 3.63) is 56.2 Å². The fourth-order valence-electron chi connectivity index (χ4n) is 4.61. The van der Waals surface area contributed by atoms with Crippen LogP contribution in [0.4, 0.5) is 0 Å². The van der Waals surface area contributed by atoms with Gasteiger partial charge in [0.2, 0.25) is 0 Å². The van der Waals surface area contributed by atoms with E-state index in [0.717, 1.165) is 52.4 Å². The van der Waals surface area contributed by atoms with E-state index in [-0.39, 0.29) is 11.6 Å². The van der Waals surface area contributed by atoms with E-state index in [9.17, 15) is 4.79 Å². The van der Waals surface area contributed by atoms with Crippen LogP contribution in [-0.4, -0.2) is 9.55 Å². The molecule has 0 amide bonds. The highest BCUT2D eigenvalue weighted by atomic mass is 32.2. The average Bonchev–Trinajstić information content (AvgIpc) is 3.40. The van der Waals surface area contributed by atoms with Crippen LogP contribution in [-0.2, 0) is 18.6 Å². The monoisotopic (exact) mass is 421 g/mol. The van der Waals surface area contributed by atoms with Gasteiger partial charge in [-0.2, -0.15) is 5.26 Å². The Balaban J connectivity index is 1.56. The number of fused-ring (bicyclic) bond motifs is 3. The summed E-state index contributed by atoms with van der Waals surface area (Å²) in [6, 6.07) is 10.1. The van der Waals surface area contributed by atoms with Gasteiger partial charge >= 0.3 is 0 Å². The SMILES string of the molecule is N#Cc1ccc(CSc2nc3sc4c(c3c(=O)n2C2CCCC2)CCCC4)cc1. The first-order valence-corrected chi connectivity index (χ1v) is 12.2. The normalized spacial score (nSPS) is 16.8. The summed E-state index contributed by atoms with van der Waals surface area (Å²) in [6.07, 6.45) is 9.04. The Bertz CT molecular complexity index is 1150. The lowest BCUT2D eigenvalue weighted by atomic mass is 9.97. The molecule has 0 N–H and O–H groups in total. The average molecular weight is 422 g/mol. The van der Waals surface area contributed by atoms with Crippen LogP contribution in [0, 0.1) is 11.3 Å². The second-order valence-electron chi connectivity index (χ2n) is 8.00. The predicted molar refractivity (Wildman–Crippen MR) is 119 cm³/mol. The molecule has 0 atom stereocenters. The van der Waals surface area contributed by atoms with Crippen molar-refractivity contribution < 1.29 is 0 Å². The highest BCUT2D eigenvalue weighted by Gasteiger charge is 2.26. The fourth-order valence-corrected chi connectivity index (χ4v) is 6.93. The van der Waals surface area contributed by atoms with Crippen LogP contribution < -0.4 is 5.56 Å². The number of thiophene rings is 1. The zero-order valence-corrected chi connectivity index (χ0v) is 18.0. The maximum atomic E-state index is 13.6. The highest BCUT2D eigenvalue weighted by Crippen LogP contribution is 2.37. The summed E-state index contributed by atoms with van der Waals surface area (Å²) in [5, 5.41) is 10.8. The van der Waals surface area contributed by atoms with Gasteiger partial charge in [-0.15, -0.1) is 11.3 Å². The Morgan fingerprint density at radius 2 is 1.90 bits per heavy atom. The second kappa shape index (κ2) is 7.97. The lowest BCUT2D eigenvalue weighted by molar-refractivity contribution is 0.457. The van der Waals surface area contributed by atoms with Crippen LogP contribution >= 0.6 is 23.1 Å². The van der Waals surface area contributed by atoms with Crippen molar-refractivity contribution in [2.24, 2.45) is 0 Å². The Morgan fingerprint density at radius 3 is 2.66 bits per heavy atom. The molecule has 4 nitrogen and oxygen atoms in total. The van der Waals surface area contributed by atoms with Crippen molar-refractivity contribution in [3.63, 3.8) is 0 Å². The van der Waals surface area contributed by atoms with Crippen molar-refractivity contribution in [1.82, 2.24) is 9.55 Å². The third kappa shape index (κ3) is 3.51. The molecule has 2 aromatic heterocycles. The predicted octanol–water partition coefficient (Wildman–Crippen LogP) is 5.62. The molecule has 1 saturated carbocycles. The molecule has 0 radical (unpaired) electrons. The van der Waals surface area contributed by atoms with E-state index in [0.29, 0.717) is 5.56 Å². The van der Waals surface area contributed by atoms with Crippen molar-refractivity contribution in [2.75, 3.05) is 0 Å². The zero-order valence-electron chi connectivity index (χ0n) is 16.3. The molecule has 148 valence electrons. The molecule has 1 aromatic carbocycles. The Kier molecular flexibility index (Phi) is 5.19. The van der Waals surface area contributed by atoms with Gasteiger partial charge in [-0.3, -0.25) is 9.36 Å². The molecule has 2 aliphatic carbocycles. The van der Waals surface area contributed by atoms with E-state index in [1.165, 1.54) is 36.1 Å². The standard InChI is InChI=1S/C23H23N3OS2/c24-13-15-9-11-16(12-10-15)14-28-23-25-21-20(18-7-3-4-8-19(18)29-21)22(27)26(23)17-5-1-2-6-17/h9-12,17H,1-8,14H2. The van der Waals surface area contributed by atoms with Gasteiger partial charge in [-0.1, -0.05) is 36.7 Å². The highest BCUT2D eigenvalue weighted by molar-refractivity contribution is 7.98. The van der Waals surface area contributed by atoms with Crippen molar-refractivity contribution in [2.45, 2.75) is 68.3 Å². The summed E-state index contributed by atoms with van der Waals surface area (Å²) in [5.41, 5.74) is 3.28. The van der Waals surface area contributed by atoms with Crippen LogP contribution in [0.15, 0.2) is 34.2 Å². The Hall–Kier alpha value is -2.10. The molecule has 0 spiro atoms. The smallest absolute Gasteiger partial charge is 0.263 e. The summed E-state index contributed by atoms with van der Waals surface area (Å²) in [5.74, 6) is 0.751. The molecule has 0 unspecified atom stereocenters. The molecule has 0 saturated heterocycles. The van der Waals surface area contributed by atoms with Gasteiger partial charge in [0.15, 0.2) is 5.16 Å². The third-order valence-electron chi connectivity index (χ3n) is 6.13. The zero-order chi connectivity index (χ0) is 19.8. The first kappa shape index (κ1) is 18.9. The van der Waals surface area contributed by atoms with Crippen LogP contribution in [0.5, 0.6) is 0 Å². The van der Waals surface area contributed by atoms with E-state index >= 15 is 0 Å². The number of nitrogens with zero attached hydrogens (tertiary/aromatic N) is 3. The number of rotatable bonds is 4. The van der Waals surface area contributed by atoms with Crippen LogP contribution in [0.1, 0.15) is 66.1 Å². The Labute approximate surface area is 178 Å². The molecular formula is C23H23N3OS2. The molecule has 0 aliphatic heterocycles. The number of hydrogen-bond acceptors (Lipinski definition) is 5. The van der Waals surface area contributed by atoms with Gasteiger partial charge in [-0.05, 0) is 61.8 Å². The molecule has 6 heteroatoms. The van der Waals surface area contributed by atoms with E-state index in [2.05, 4.69) is 6.07 Å². The second-order valence-corrected chi connectivity index (χ2v) is 10.0. The number of benzene rings is 1. The summed E-state index contributed by atoms with van der Waals surface area (Å²) in [6.45, 7) is 0. The summed E-state index contributed by atoms with van der Waals surface area (Å²) >= 11 is 3.38. The molecule has 2 heterocycles. The maximum Gasteiger partial charge on any atom is 0.263 e. The van der Waals surface area contributed by atoms with Gasteiger partial charge in [0.05, 0.1) is 17.0 Å². The Morgan fingerprint density at radius 1 is 1.14 bits per heavy atom. The first-order valence-electron chi connectivity index (χ1n) is 10.4. The molecule has 5 rings (SSSR count). The minimum absolute atomic E-state index is 0.184.